The molecular weight excluding hydrogens is 482 g/mol. The lowest BCUT2D eigenvalue weighted by Crippen LogP contribution is -2.58. The molecule has 3 aromatic rings. The Morgan fingerprint density at radius 3 is 2.89 bits per heavy atom. The lowest BCUT2D eigenvalue weighted by molar-refractivity contribution is -0.0644. The summed E-state index contributed by atoms with van der Waals surface area (Å²) < 4.78 is 12.7. The number of methoxy groups -OCH3 is 1. The Morgan fingerprint density at radius 2 is 2.08 bits per heavy atom. The van der Waals surface area contributed by atoms with Crippen LogP contribution in [0.25, 0.3) is 11.3 Å². The van der Waals surface area contributed by atoms with E-state index in [-0.39, 0.29) is 24.3 Å². The van der Waals surface area contributed by atoms with Crippen molar-refractivity contribution in [3.8, 4) is 11.3 Å². The van der Waals surface area contributed by atoms with E-state index in [1.165, 1.54) is 11.1 Å². The molecule has 0 bridgehead atoms. The Labute approximate surface area is 223 Å². The zero-order valence-electron chi connectivity index (χ0n) is 22.4. The van der Waals surface area contributed by atoms with Crippen LogP contribution in [0.2, 0.25) is 0 Å². The first-order valence-electron chi connectivity index (χ1n) is 13.4. The predicted molar refractivity (Wildman–Crippen MR) is 145 cm³/mol. The number of aryl methyl sites for hydroxylation is 1. The third kappa shape index (κ3) is 6.31. The zero-order valence-corrected chi connectivity index (χ0v) is 22.4. The van der Waals surface area contributed by atoms with Gasteiger partial charge in [0.25, 0.3) is 0 Å². The monoisotopic (exact) mass is 519 g/mol. The minimum Gasteiger partial charge on any atom is -0.383 e. The number of anilines is 2. The molecule has 202 valence electrons. The number of likely N-dealkylation sites (tertiary alicyclic amines) is 1. The second-order valence-electron chi connectivity index (χ2n) is 10.2. The van der Waals surface area contributed by atoms with Crippen LogP contribution in [0.3, 0.4) is 0 Å². The van der Waals surface area contributed by atoms with Gasteiger partial charge in [0.05, 0.1) is 62.1 Å². The topological polar surface area (TPSA) is 106 Å². The number of carbonyl (C=O) groups is 1. The van der Waals surface area contributed by atoms with Crippen molar-refractivity contribution in [2.24, 2.45) is 0 Å². The van der Waals surface area contributed by atoms with Gasteiger partial charge in [0, 0.05) is 25.1 Å². The van der Waals surface area contributed by atoms with Crippen molar-refractivity contribution in [3.63, 3.8) is 0 Å². The van der Waals surface area contributed by atoms with E-state index in [2.05, 4.69) is 38.9 Å². The van der Waals surface area contributed by atoms with Gasteiger partial charge in [0.2, 0.25) is 5.95 Å². The Balaban J connectivity index is 1.26. The van der Waals surface area contributed by atoms with Crippen molar-refractivity contribution in [2.45, 2.75) is 64.3 Å². The maximum Gasteiger partial charge on any atom is 0.318 e. The van der Waals surface area contributed by atoms with Gasteiger partial charge in [-0.3, -0.25) is 4.68 Å². The molecule has 2 N–H and O–H groups in total. The van der Waals surface area contributed by atoms with Crippen molar-refractivity contribution >= 4 is 17.7 Å². The van der Waals surface area contributed by atoms with E-state index in [0.717, 1.165) is 42.6 Å². The molecule has 1 aliphatic carbocycles. The molecule has 0 unspecified atom stereocenters. The van der Waals surface area contributed by atoms with Crippen LogP contribution in [0, 0.1) is 0 Å². The van der Waals surface area contributed by atoms with Crippen molar-refractivity contribution in [1.82, 2.24) is 30.0 Å². The highest BCUT2D eigenvalue weighted by Crippen LogP contribution is 2.32. The van der Waals surface area contributed by atoms with E-state index in [0.29, 0.717) is 32.2 Å². The standard InChI is InChI=1S/C28H37N7O3/c1-19(2)38-23-17-34(18-23)28(36)33-26-7-5-4-6-20-14-21(8-9-24(20)26)25-10-11-29-27(32-25)31-22-15-30-35(16-22)12-13-37-3/h8-11,14-16,19,23,26H,4-7,12-13,17-18H2,1-3H3,(H,33,36)(H,29,31,32)/t26-/m1/s1. The molecule has 38 heavy (non-hydrogen) atoms. The van der Waals surface area contributed by atoms with Gasteiger partial charge in [-0.1, -0.05) is 18.6 Å². The molecule has 1 fully saturated rings. The number of carbonyl (C=O) groups excluding carboxylic acids is 1. The van der Waals surface area contributed by atoms with Crippen LogP contribution in [0.1, 0.15) is 50.3 Å². The van der Waals surface area contributed by atoms with Gasteiger partial charge in [-0.15, -0.1) is 0 Å². The molecule has 1 atom stereocenters. The first-order valence-corrected chi connectivity index (χ1v) is 13.4. The number of ether oxygens (including phenoxy) is 2. The summed E-state index contributed by atoms with van der Waals surface area (Å²) in [4.78, 5) is 23.9. The summed E-state index contributed by atoms with van der Waals surface area (Å²) in [5, 5.41) is 10.8. The number of nitrogens with zero attached hydrogens (tertiary/aromatic N) is 5. The Morgan fingerprint density at radius 1 is 1.21 bits per heavy atom. The summed E-state index contributed by atoms with van der Waals surface area (Å²) >= 11 is 0. The molecule has 1 aliphatic heterocycles. The minimum atomic E-state index is -0.00686. The van der Waals surface area contributed by atoms with Crippen LogP contribution in [-0.2, 0) is 22.4 Å². The van der Waals surface area contributed by atoms with Gasteiger partial charge < -0.3 is 25.0 Å². The van der Waals surface area contributed by atoms with Gasteiger partial charge in [0.15, 0.2) is 0 Å². The molecule has 5 rings (SSSR count). The number of nitrogens with one attached hydrogen (secondary N) is 2. The summed E-state index contributed by atoms with van der Waals surface area (Å²) in [5.74, 6) is 0.517. The van der Waals surface area contributed by atoms with Crippen LogP contribution in [-0.4, -0.2) is 69.7 Å². The third-order valence-electron chi connectivity index (χ3n) is 6.97. The molecule has 1 aromatic carbocycles. The average Bonchev–Trinajstić information content (AvgIpc) is 3.23. The van der Waals surface area contributed by atoms with Crippen LogP contribution in [0.5, 0.6) is 0 Å². The quantitative estimate of drug-likeness (QED) is 0.406. The largest absolute Gasteiger partial charge is 0.383 e. The molecule has 0 saturated carbocycles. The highest BCUT2D eigenvalue weighted by atomic mass is 16.5. The van der Waals surface area contributed by atoms with Gasteiger partial charge in [-0.05, 0) is 56.4 Å². The van der Waals surface area contributed by atoms with Crippen LogP contribution in [0.4, 0.5) is 16.4 Å². The normalized spacial score (nSPS) is 17.6. The van der Waals surface area contributed by atoms with Crippen molar-refractivity contribution in [1.29, 1.82) is 0 Å². The molecule has 10 nitrogen and oxygen atoms in total. The fourth-order valence-electron chi connectivity index (χ4n) is 5.05. The number of amides is 2. The Kier molecular flexibility index (Phi) is 8.19. The van der Waals surface area contributed by atoms with Crippen molar-refractivity contribution in [3.05, 3.63) is 54.0 Å². The SMILES string of the molecule is COCCn1cc(Nc2nccc(-c3ccc4c(c3)CCCC[C@H]4NC(=O)N3CC(OC(C)C)C3)n2)cn1. The minimum absolute atomic E-state index is 0.00686. The molecule has 1 saturated heterocycles. The van der Waals surface area contributed by atoms with E-state index in [9.17, 15) is 4.79 Å². The lowest BCUT2D eigenvalue weighted by atomic mass is 9.95. The Bertz CT molecular complexity index is 1240. The molecule has 2 aliphatic rings. The van der Waals surface area contributed by atoms with Gasteiger partial charge >= 0.3 is 6.03 Å². The van der Waals surface area contributed by atoms with E-state index in [4.69, 9.17) is 14.5 Å². The number of hydrogen-bond acceptors (Lipinski definition) is 7. The van der Waals surface area contributed by atoms with Crippen molar-refractivity contribution in [2.75, 3.05) is 32.1 Å². The zero-order chi connectivity index (χ0) is 26.5. The average molecular weight is 520 g/mol. The molecule has 0 radical (unpaired) electrons. The van der Waals surface area contributed by atoms with E-state index >= 15 is 0 Å². The second kappa shape index (κ2) is 11.9. The molecule has 3 heterocycles. The summed E-state index contributed by atoms with van der Waals surface area (Å²) in [5.41, 5.74) is 5.17. The number of benzene rings is 1. The predicted octanol–water partition coefficient (Wildman–Crippen LogP) is 4.32. The maximum absolute atomic E-state index is 12.9. The van der Waals surface area contributed by atoms with Crippen LogP contribution in [0.15, 0.2) is 42.9 Å². The van der Waals surface area contributed by atoms with Gasteiger partial charge in [-0.25, -0.2) is 14.8 Å². The van der Waals surface area contributed by atoms with Gasteiger partial charge in [0.1, 0.15) is 0 Å². The molecule has 10 heteroatoms. The lowest BCUT2D eigenvalue weighted by Gasteiger charge is -2.40. The fourth-order valence-corrected chi connectivity index (χ4v) is 5.05. The summed E-state index contributed by atoms with van der Waals surface area (Å²) in [6.45, 7) is 6.64. The maximum atomic E-state index is 12.9. The van der Waals surface area contributed by atoms with E-state index in [1.807, 2.05) is 35.7 Å². The number of hydrogen-bond donors (Lipinski definition) is 2. The van der Waals surface area contributed by atoms with Crippen LogP contribution < -0.4 is 10.6 Å². The summed E-state index contributed by atoms with van der Waals surface area (Å²) in [7, 11) is 1.67. The second-order valence-corrected chi connectivity index (χ2v) is 10.2. The smallest absolute Gasteiger partial charge is 0.318 e. The molecule has 0 spiro atoms. The third-order valence-corrected chi connectivity index (χ3v) is 6.97. The first kappa shape index (κ1) is 26.1. The first-order chi connectivity index (χ1) is 18.5. The molecule has 2 amide bonds. The number of aromatic nitrogens is 4. The summed E-state index contributed by atoms with van der Waals surface area (Å²) in [6, 6.07) is 8.38. The van der Waals surface area contributed by atoms with Gasteiger partial charge in [-0.2, -0.15) is 5.10 Å². The summed E-state index contributed by atoms with van der Waals surface area (Å²) in [6.07, 6.45) is 9.84. The Hall–Kier alpha value is -3.50. The fraction of sp³-hybridized carbons (Fsp3) is 0.500. The number of urea groups is 1. The van der Waals surface area contributed by atoms with Crippen LogP contribution >= 0.6 is 0 Å². The highest BCUT2D eigenvalue weighted by molar-refractivity contribution is 5.76. The van der Waals surface area contributed by atoms with E-state index in [1.54, 1.807) is 19.5 Å². The van der Waals surface area contributed by atoms with E-state index < -0.39 is 0 Å². The number of fused-ring (bicyclic) bond motifs is 1. The molecule has 2 aromatic heterocycles. The van der Waals surface area contributed by atoms with Crippen molar-refractivity contribution < 1.29 is 14.3 Å². The molecular formula is C28H37N7O3. The highest BCUT2D eigenvalue weighted by Gasteiger charge is 2.33. The number of rotatable bonds is 9.